The van der Waals surface area contributed by atoms with E-state index in [0.29, 0.717) is 5.75 Å². The summed E-state index contributed by atoms with van der Waals surface area (Å²) in [5, 5.41) is 2.93. The van der Waals surface area contributed by atoms with Crippen LogP contribution in [0, 0.1) is 10.5 Å². The Bertz CT molecular complexity index is 593. The topological polar surface area (TPSA) is 38.3 Å². The third-order valence-corrected chi connectivity index (χ3v) is 3.86. The lowest BCUT2D eigenvalue weighted by atomic mass is 10.1. The maximum absolute atomic E-state index is 11.9. The Labute approximate surface area is 138 Å². The van der Waals surface area contributed by atoms with E-state index < -0.39 is 0 Å². The molecule has 0 bridgehead atoms. The number of hydrogen-bond acceptors (Lipinski definition) is 2. The van der Waals surface area contributed by atoms with Crippen LogP contribution in [0.2, 0.25) is 0 Å². The van der Waals surface area contributed by atoms with E-state index in [9.17, 15) is 4.79 Å². The van der Waals surface area contributed by atoms with Gasteiger partial charge < -0.3 is 10.1 Å². The minimum atomic E-state index is -0.123. The number of carbonyl (C=O) groups is 1. The summed E-state index contributed by atoms with van der Waals surface area (Å²) < 4.78 is 6.60. The van der Waals surface area contributed by atoms with Crippen LogP contribution in [0.1, 0.15) is 24.1 Å². The van der Waals surface area contributed by atoms with Crippen molar-refractivity contribution in [3.05, 3.63) is 63.2 Å². The van der Waals surface area contributed by atoms with Crippen molar-refractivity contribution >= 4 is 28.5 Å². The quantitative estimate of drug-likeness (QED) is 0.782. The predicted octanol–water partition coefficient (Wildman–Crippen LogP) is 3.86. The zero-order valence-electron chi connectivity index (χ0n) is 12.1. The highest BCUT2D eigenvalue weighted by Gasteiger charge is 2.09. The molecular weight excluding hydrogens is 377 g/mol. The lowest BCUT2D eigenvalue weighted by Gasteiger charge is -2.15. The summed E-state index contributed by atoms with van der Waals surface area (Å²) in [7, 11) is 0. The van der Waals surface area contributed by atoms with Crippen LogP contribution in [0.15, 0.2) is 48.5 Å². The molecular formula is C17H18INO2. The van der Waals surface area contributed by atoms with Crippen molar-refractivity contribution in [2.24, 2.45) is 0 Å². The summed E-state index contributed by atoms with van der Waals surface area (Å²) in [6.07, 6.45) is 0. The van der Waals surface area contributed by atoms with Crippen molar-refractivity contribution in [2.75, 3.05) is 6.61 Å². The number of hydrogen-bond donors (Lipinski definition) is 1. The Morgan fingerprint density at radius 2 is 1.76 bits per heavy atom. The second-order valence-corrected chi connectivity index (χ2v) is 6.19. The second kappa shape index (κ2) is 7.45. The molecule has 110 valence electrons. The van der Waals surface area contributed by atoms with Gasteiger partial charge in [0.2, 0.25) is 0 Å². The van der Waals surface area contributed by atoms with Crippen molar-refractivity contribution in [2.45, 2.75) is 19.9 Å². The van der Waals surface area contributed by atoms with Crippen LogP contribution in [0.5, 0.6) is 5.75 Å². The van der Waals surface area contributed by atoms with Crippen LogP contribution >= 0.6 is 22.6 Å². The lowest BCUT2D eigenvalue weighted by Crippen LogP contribution is -2.31. The molecule has 0 aliphatic rings. The highest BCUT2D eigenvalue weighted by Crippen LogP contribution is 2.14. The Morgan fingerprint density at radius 3 is 2.38 bits per heavy atom. The zero-order chi connectivity index (χ0) is 15.2. The van der Waals surface area contributed by atoms with Crippen molar-refractivity contribution < 1.29 is 9.53 Å². The average molecular weight is 395 g/mol. The molecule has 2 aromatic rings. The zero-order valence-corrected chi connectivity index (χ0v) is 14.3. The molecule has 21 heavy (non-hydrogen) atoms. The maximum atomic E-state index is 11.9. The normalized spacial score (nSPS) is 11.8. The van der Waals surface area contributed by atoms with E-state index >= 15 is 0 Å². The average Bonchev–Trinajstić information content (AvgIpc) is 2.47. The van der Waals surface area contributed by atoms with E-state index in [1.165, 1.54) is 5.56 Å². The van der Waals surface area contributed by atoms with Crippen LogP contribution in [0.25, 0.3) is 0 Å². The van der Waals surface area contributed by atoms with Gasteiger partial charge in [-0.05, 0) is 66.3 Å². The fourth-order valence-electron chi connectivity index (χ4n) is 1.90. The molecule has 1 amide bonds. The molecule has 0 spiro atoms. The standard InChI is InChI=1S/C17H18INO2/c1-12-3-5-14(6-4-12)13(2)19-17(20)11-21-16-9-7-15(18)8-10-16/h3-10,13H,11H2,1-2H3,(H,19,20)/t13-/m0/s1. The van der Waals surface area contributed by atoms with Gasteiger partial charge in [0.05, 0.1) is 6.04 Å². The number of ether oxygens (including phenoxy) is 1. The van der Waals surface area contributed by atoms with Gasteiger partial charge in [-0.3, -0.25) is 4.79 Å². The van der Waals surface area contributed by atoms with Crippen LogP contribution in [0.3, 0.4) is 0 Å². The lowest BCUT2D eigenvalue weighted by molar-refractivity contribution is -0.123. The van der Waals surface area contributed by atoms with E-state index in [-0.39, 0.29) is 18.6 Å². The first kappa shape index (κ1) is 15.8. The Morgan fingerprint density at radius 1 is 1.14 bits per heavy atom. The van der Waals surface area contributed by atoms with Gasteiger partial charge in [0.15, 0.2) is 6.61 Å². The summed E-state index contributed by atoms with van der Waals surface area (Å²) in [5.74, 6) is 0.579. The molecule has 0 heterocycles. The molecule has 1 atom stereocenters. The van der Waals surface area contributed by atoms with E-state index in [0.717, 1.165) is 9.13 Å². The minimum absolute atomic E-state index is 0.0246. The number of aryl methyl sites for hydroxylation is 1. The first-order valence-corrected chi connectivity index (χ1v) is 7.87. The van der Waals surface area contributed by atoms with Gasteiger partial charge in [-0.1, -0.05) is 29.8 Å². The number of nitrogens with one attached hydrogen (secondary N) is 1. The largest absolute Gasteiger partial charge is 0.484 e. The molecule has 0 radical (unpaired) electrons. The monoisotopic (exact) mass is 395 g/mol. The van der Waals surface area contributed by atoms with Gasteiger partial charge in [0.25, 0.3) is 5.91 Å². The molecule has 2 aromatic carbocycles. The Kier molecular flexibility index (Phi) is 5.61. The molecule has 3 nitrogen and oxygen atoms in total. The molecule has 0 saturated heterocycles. The van der Waals surface area contributed by atoms with Gasteiger partial charge in [-0.25, -0.2) is 0 Å². The summed E-state index contributed by atoms with van der Waals surface area (Å²) in [6, 6.07) is 15.7. The molecule has 0 fully saturated rings. The summed E-state index contributed by atoms with van der Waals surface area (Å²) in [5.41, 5.74) is 2.29. The molecule has 0 saturated carbocycles. The Balaban J connectivity index is 1.83. The van der Waals surface area contributed by atoms with Crippen molar-refractivity contribution in [3.63, 3.8) is 0 Å². The predicted molar refractivity (Wildman–Crippen MR) is 92.4 cm³/mol. The smallest absolute Gasteiger partial charge is 0.258 e. The first-order chi connectivity index (χ1) is 10.0. The number of carbonyl (C=O) groups excluding carboxylic acids is 1. The van der Waals surface area contributed by atoms with Crippen molar-refractivity contribution in [1.29, 1.82) is 0 Å². The van der Waals surface area contributed by atoms with E-state index in [1.54, 1.807) is 0 Å². The maximum Gasteiger partial charge on any atom is 0.258 e. The van der Waals surface area contributed by atoms with Crippen LogP contribution in [-0.4, -0.2) is 12.5 Å². The van der Waals surface area contributed by atoms with Gasteiger partial charge in [0, 0.05) is 3.57 Å². The Hall–Kier alpha value is -1.56. The van der Waals surface area contributed by atoms with Crippen molar-refractivity contribution in [3.8, 4) is 5.75 Å². The number of halogens is 1. The molecule has 0 aliphatic carbocycles. The molecule has 0 unspecified atom stereocenters. The van der Waals surface area contributed by atoms with E-state index in [4.69, 9.17) is 4.74 Å². The van der Waals surface area contributed by atoms with E-state index in [2.05, 4.69) is 27.9 Å². The van der Waals surface area contributed by atoms with Gasteiger partial charge >= 0.3 is 0 Å². The minimum Gasteiger partial charge on any atom is -0.484 e. The summed E-state index contributed by atoms with van der Waals surface area (Å²) in [4.78, 5) is 11.9. The summed E-state index contributed by atoms with van der Waals surface area (Å²) >= 11 is 2.23. The van der Waals surface area contributed by atoms with Gasteiger partial charge in [0.1, 0.15) is 5.75 Å². The second-order valence-electron chi connectivity index (χ2n) is 4.94. The summed E-state index contributed by atoms with van der Waals surface area (Å²) in [6.45, 7) is 4.03. The van der Waals surface area contributed by atoms with Gasteiger partial charge in [-0.15, -0.1) is 0 Å². The SMILES string of the molecule is Cc1ccc([C@H](C)NC(=O)COc2ccc(I)cc2)cc1. The third kappa shape index (κ3) is 5.04. The molecule has 1 N–H and O–H groups in total. The molecule has 0 aromatic heterocycles. The molecule has 0 aliphatic heterocycles. The van der Waals surface area contributed by atoms with Crippen molar-refractivity contribution in [1.82, 2.24) is 5.32 Å². The number of amides is 1. The molecule has 2 rings (SSSR count). The van der Waals surface area contributed by atoms with Crippen LogP contribution in [0.4, 0.5) is 0 Å². The highest BCUT2D eigenvalue weighted by atomic mass is 127. The number of rotatable bonds is 5. The highest BCUT2D eigenvalue weighted by molar-refractivity contribution is 14.1. The third-order valence-electron chi connectivity index (χ3n) is 3.14. The fourth-order valence-corrected chi connectivity index (χ4v) is 2.26. The van der Waals surface area contributed by atoms with E-state index in [1.807, 2.05) is 62.4 Å². The molecule has 4 heteroatoms. The van der Waals surface area contributed by atoms with Gasteiger partial charge in [-0.2, -0.15) is 0 Å². The fraction of sp³-hybridized carbons (Fsp3) is 0.235. The van der Waals surface area contributed by atoms with Crippen LogP contribution in [-0.2, 0) is 4.79 Å². The number of benzene rings is 2. The van der Waals surface area contributed by atoms with Crippen LogP contribution < -0.4 is 10.1 Å². The first-order valence-electron chi connectivity index (χ1n) is 6.79.